The fourth-order valence-electron chi connectivity index (χ4n) is 3.60. The summed E-state index contributed by atoms with van der Waals surface area (Å²) >= 11 is 6.30. The Morgan fingerprint density at radius 2 is 1.65 bits per heavy atom. The van der Waals surface area contributed by atoms with E-state index in [1.54, 1.807) is 6.07 Å². The van der Waals surface area contributed by atoms with Gasteiger partial charge in [0.1, 0.15) is 0 Å². The molecule has 10 heteroatoms. The normalized spacial score (nSPS) is 14.1. The number of rotatable bonds is 5. The number of benzene rings is 3. The lowest BCUT2D eigenvalue weighted by atomic mass is 9.77. The first-order chi connectivity index (χ1) is 15.9. The van der Waals surface area contributed by atoms with Crippen LogP contribution < -0.4 is 4.74 Å². The van der Waals surface area contributed by atoms with Gasteiger partial charge in [-0.1, -0.05) is 48.9 Å². The van der Waals surface area contributed by atoms with Crippen molar-refractivity contribution in [3.63, 3.8) is 0 Å². The molecule has 0 aliphatic rings. The van der Waals surface area contributed by atoms with Crippen molar-refractivity contribution in [2.45, 2.75) is 24.6 Å². The summed E-state index contributed by atoms with van der Waals surface area (Å²) < 4.78 is 60.5. The second-order valence-electron chi connectivity index (χ2n) is 7.42. The zero-order chi connectivity index (χ0) is 25.3. The third-order valence-corrected chi connectivity index (χ3v) is 5.77. The molecule has 2 unspecified atom stereocenters. The van der Waals surface area contributed by atoms with Gasteiger partial charge in [-0.3, -0.25) is 0 Å². The Kier molecular flexibility index (Phi) is 6.87. The van der Waals surface area contributed by atoms with Crippen molar-refractivity contribution < 1.29 is 37.3 Å². The predicted octanol–water partition coefficient (Wildman–Crippen LogP) is 6.63. The van der Waals surface area contributed by atoms with Gasteiger partial charge in [-0.25, -0.2) is 9.18 Å². The van der Waals surface area contributed by atoms with E-state index in [0.29, 0.717) is 11.1 Å². The van der Waals surface area contributed by atoms with Gasteiger partial charge in [0, 0.05) is 10.9 Å². The lowest BCUT2D eigenvalue weighted by Gasteiger charge is -2.37. The van der Waals surface area contributed by atoms with Crippen molar-refractivity contribution >= 4 is 17.8 Å². The van der Waals surface area contributed by atoms with Crippen molar-refractivity contribution in [2.24, 2.45) is 0 Å². The summed E-state index contributed by atoms with van der Waals surface area (Å²) in [5.41, 5.74) is -3.00. The molecule has 0 bridgehead atoms. The van der Waals surface area contributed by atoms with E-state index < -0.39 is 41.0 Å². The number of ether oxygens (including phenoxy) is 1. The van der Waals surface area contributed by atoms with Gasteiger partial charge >= 0.3 is 12.3 Å². The molecule has 3 aromatic carbocycles. The summed E-state index contributed by atoms with van der Waals surface area (Å²) in [6.07, 6.45) is -6.80. The summed E-state index contributed by atoms with van der Waals surface area (Å²) in [7, 11) is 0. The van der Waals surface area contributed by atoms with Crippen LogP contribution in [-0.2, 0) is 5.60 Å². The zero-order valence-electron chi connectivity index (χ0n) is 17.4. The van der Waals surface area contributed by atoms with Crippen LogP contribution in [0.15, 0.2) is 60.7 Å². The van der Waals surface area contributed by atoms with Gasteiger partial charge in [0.25, 0.3) is 0 Å². The Bertz CT molecular complexity index is 1270. The van der Waals surface area contributed by atoms with Crippen LogP contribution in [-0.4, -0.2) is 22.5 Å². The number of carboxylic acid groups (broad SMARTS) is 1. The first-order valence-corrected chi connectivity index (χ1v) is 10.1. The van der Waals surface area contributed by atoms with Crippen molar-refractivity contribution in [3.05, 3.63) is 88.2 Å². The van der Waals surface area contributed by atoms with Crippen LogP contribution >= 0.6 is 11.6 Å². The summed E-state index contributed by atoms with van der Waals surface area (Å²) in [5, 5.41) is 28.4. The maximum atomic E-state index is 14.1. The van der Waals surface area contributed by atoms with Crippen molar-refractivity contribution in [1.82, 2.24) is 0 Å². The average Bonchev–Trinajstić information content (AvgIpc) is 2.78. The SMILES string of the molecule is CC(c1ccc(-c2ccc(F)c(OC(=O)O)c2)cc1Cl)C(O)(c1ccc(C#N)cc1)C(F)(F)F. The molecule has 5 nitrogen and oxygen atoms in total. The molecule has 0 saturated heterocycles. The Balaban J connectivity index is 2.04. The van der Waals surface area contributed by atoms with Gasteiger partial charge in [0.05, 0.1) is 11.6 Å². The minimum absolute atomic E-state index is 0.0151. The van der Waals surface area contributed by atoms with E-state index in [9.17, 15) is 27.5 Å². The molecule has 0 saturated carbocycles. The highest BCUT2D eigenvalue weighted by molar-refractivity contribution is 6.31. The molecule has 0 fully saturated rings. The Morgan fingerprint density at radius 3 is 2.18 bits per heavy atom. The van der Waals surface area contributed by atoms with E-state index in [2.05, 4.69) is 4.74 Å². The minimum atomic E-state index is -5.08. The van der Waals surface area contributed by atoms with Crippen LogP contribution in [0.25, 0.3) is 11.1 Å². The number of nitriles is 1. The lowest BCUT2D eigenvalue weighted by molar-refractivity contribution is -0.274. The number of aliphatic hydroxyl groups is 1. The second kappa shape index (κ2) is 9.33. The summed E-state index contributed by atoms with van der Waals surface area (Å²) in [6, 6.07) is 13.7. The molecule has 3 aromatic rings. The Labute approximate surface area is 196 Å². The molecular weight excluding hydrogens is 478 g/mol. The molecular formula is C24H16ClF4NO4. The minimum Gasteiger partial charge on any atom is -0.449 e. The molecule has 0 amide bonds. The fraction of sp³-hybridized carbons (Fsp3) is 0.167. The number of alkyl halides is 3. The Morgan fingerprint density at radius 1 is 1.06 bits per heavy atom. The van der Waals surface area contributed by atoms with Gasteiger partial charge in [-0.05, 0) is 52.6 Å². The summed E-state index contributed by atoms with van der Waals surface area (Å²) in [4.78, 5) is 10.7. The maximum absolute atomic E-state index is 14.1. The number of hydrogen-bond donors (Lipinski definition) is 2. The molecule has 34 heavy (non-hydrogen) atoms. The van der Waals surface area contributed by atoms with E-state index in [-0.39, 0.29) is 16.1 Å². The first-order valence-electron chi connectivity index (χ1n) is 9.68. The third kappa shape index (κ3) is 4.69. The van der Waals surface area contributed by atoms with E-state index >= 15 is 0 Å². The van der Waals surface area contributed by atoms with E-state index in [0.717, 1.165) is 24.3 Å². The molecule has 0 radical (unpaired) electrons. The van der Waals surface area contributed by atoms with E-state index in [1.165, 1.54) is 43.3 Å². The molecule has 0 heterocycles. The molecule has 3 rings (SSSR count). The van der Waals surface area contributed by atoms with Crippen LogP contribution in [0.3, 0.4) is 0 Å². The molecule has 0 aromatic heterocycles. The summed E-state index contributed by atoms with van der Waals surface area (Å²) in [5.74, 6) is -3.02. The summed E-state index contributed by atoms with van der Waals surface area (Å²) in [6.45, 7) is 1.17. The van der Waals surface area contributed by atoms with Gasteiger partial charge in [-0.15, -0.1) is 0 Å². The third-order valence-electron chi connectivity index (χ3n) is 5.44. The van der Waals surface area contributed by atoms with Crippen LogP contribution in [0.4, 0.5) is 22.4 Å². The number of carbonyl (C=O) groups is 1. The van der Waals surface area contributed by atoms with Crippen molar-refractivity contribution in [2.75, 3.05) is 0 Å². The number of halogens is 5. The van der Waals surface area contributed by atoms with E-state index in [1.807, 2.05) is 0 Å². The van der Waals surface area contributed by atoms with Crippen molar-refractivity contribution in [1.29, 1.82) is 5.26 Å². The molecule has 0 aliphatic carbocycles. The number of nitrogens with zero attached hydrogens (tertiary/aromatic N) is 1. The molecule has 0 spiro atoms. The lowest BCUT2D eigenvalue weighted by Crippen LogP contribution is -2.46. The Hall–Kier alpha value is -3.61. The first kappa shape index (κ1) is 25.0. The van der Waals surface area contributed by atoms with Gasteiger partial charge in [-0.2, -0.15) is 18.4 Å². The van der Waals surface area contributed by atoms with Crippen LogP contribution in [0.1, 0.15) is 29.5 Å². The second-order valence-corrected chi connectivity index (χ2v) is 7.83. The van der Waals surface area contributed by atoms with Crippen molar-refractivity contribution in [3.8, 4) is 22.9 Å². The van der Waals surface area contributed by atoms with Gasteiger partial charge in [0.2, 0.25) is 0 Å². The average molecular weight is 494 g/mol. The molecule has 2 atom stereocenters. The quantitative estimate of drug-likeness (QED) is 0.236. The highest BCUT2D eigenvalue weighted by atomic mass is 35.5. The maximum Gasteiger partial charge on any atom is 0.511 e. The zero-order valence-corrected chi connectivity index (χ0v) is 18.2. The largest absolute Gasteiger partial charge is 0.511 e. The van der Waals surface area contributed by atoms with Gasteiger partial charge in [0.15, 0.2) is 17.2 Å². The van der Waals surface area contributed by atoms with Crippen LogP contribution in [0.5, 0.6) is 5.75 Å². The highest BCUT2D eigenvalue weighted by Crippen LogP contribution is 2.50. The molecule has 0 aliphatic heterocycles. The smallest absolute Gasteiger partial charge is 0.449 e. The topological polar surface area (TPSA) is 90.6 Å². The monoisotopic (exact) mass is 493 g/mol. The van der Waals surface area contributed by atoms with Crippen LogP contribution in [0, 0.1) is 17.1 Å². The molecule has 176 valence electrons. The van der Waals surface area contributed by atoms with E-state index in [4.69, 9.17) is 22.0 Å². The standard InChI is InChI=1S/C24H16ClF4NO4/c1-13(23(33,24(27,28)29)17-6-2-14(12-30)3-7-17)18-8-4-15(10-19(18)25)16-5-9-20(26)21(11-16)34-22(31)32/h2-11,13,33H,1H3,(H,31,32). The fourth-order valence-corrected chi connectivity index (χ4v) is 3.94. The van der Waals surface area contributed by atoms with Gasteiger partial charge < -0.3 is 14.9 Å². The predicted molar refractivity (Wildman–Crippen MR) is 115 cm³/mol. The molecule has 2 N–H and O–H groups in total. The number of hydrogen-bond acceptors (Lipinski definition) is 4. The van der Waals surface area contributed by atoms with Crippen LogP contribution in [0.2, 0.25) is 5.02 Å². The highest BCUT2D eigenvalue weighted by Gasteiger charge is 2.58.